The maximum Gasteiger partial charge on any atom is 0.251 e. The van der Waals surface area contributed by atoms with Crippen molar-refractivity contribution in [2.45, 2.75) is 30.2 Å². The number of nitrogens with zero attached hydrogens (tertiary/aromatic N) is 1. The Morgan fingerprint density at radius 1 is 1.60 bits per heavy atom. The van der Waals surface area contributed by atoms with E-state index in [1.165, 1.54) is 0 Å². The number of thioether (sulfide) groups is 1. The molecule has 4 unspecified atom stereocenters. The van der Waals surface area contributed by atoms with Crippen LogP contribution in [-0.2, 0) is 9.53 Å². The number of hydrazine groups is 1. The first-order valence-electron chi connectivity index (χ1n) is 5.02. The maximum atomic E-state index is 11.7. The summed E-state index contributed by atoms with van der Waals surface area (Å²) in [6.45, 7) is 0. The first-order valence-corrected chi connectivity index (χ1v) is 6.07. The van der Waals surface area contributed by atoms with E-state index in [4.69, 9.17) is 4.74 Å². The van der Waals surface area contributed by atoms with Crippen LogP contribution in [0.25, 0.3) is 0 Å². The molecular formula is C8H14N4O2S. The fourth-order valence-corrected chi connectivity index (χ4v) is 3.73. The van der Waals surface area contributed by atoms with Crippen LogP contribution < -0.4 is 16.2 Å². The number of hydrogen-bond acceptors (Lipinski definition) is 6. The number of fused-ring (bicyclic) bond motifs is 3. The smallest absolute Gasteiger partial charge is 0.251 e. The molecule has 0 aromatic heterocycles. The molecule has 7 heteroatoms. The molecule has 1 amide bonds. The summed E-state index contributed by atoms with van der Waals surface area (Å²) in [6, 6.07) is -0.0634. The van der Waals surface area contributed by atoms with Crippen LogP contribution in [0.15, 0.2) is 0 Å². The summed E-state index contributed by atoms with van der Waals surface area (Å²) in [5.41, 5.74) is 5.51. The van der Waals surface area contributed by atoms with Gasteiger partial charge in [0, 0.05) is 18.2 Å². The van der Waals surface area contributed by atoms with Gasteiger partial charge in [0.25, 0.3) is 5.91 Å². The van der Waals surface area contributed by atoms with Crippen molar-refractivity contribution in [2.75, 3.05) is 13.0 Å². The minimum Gasteiger partial charge on any atom is -0.351 e. The van der Waals surface area contributed by atoms with Gasteiger partial charge in [-0.1, -0.05) is 0 Å². The number of rotatable bonds is 1. The quantitative estimate of drug-likeness (QED) is 0.516. The van der Waals surface area contributed by atoms with Gasteiger partial charge in [0.15, 0.2) is 6.35 Å². The molecule has 0 aromatic carbocycles. The number of carbonyl (C=O) groups excluding carboxylic acids is 1. The SMILES string of the molecule is COC1NNC(=O)C2CC3SCNC3N12. The molecule has 3 rings (SSSR count). The van der Waals surface area contributed by atoms with Gasteiger partial charge in [0.2, 0.25) is 0 Å². The lowest BCUT2D eigenvalue weighted by Crippen LogP contribution is -2.68. The fraction of sp³-hybridized carbons (Fsp3) is 0.875. The van der Waals surface area contributed by atoms with E-state index < -0.39 is 0 Å². The molecule has 0 aliphatic carbocycles. The molecule has 0 bridgehead atoms. The molecular weight excluding hydrogens is 216 g/mol. The second-order valence-corrected chi connectivity index (χ2v) is 5.15. The number of ether oxygens (including phenoxy) is 1. The third-order valence-corrected chi connectivity index (χ3v) is 4.41. The third kappa shape index (κ3) is 1.38. The molecule has 3 heterocycles. The van der Waals surface area contributed by atoms with E-state index in [0.29, 0.717) is 5.25 Å². The van der Waals surface area contributed by atoms with Crippen molar-refractivity contribution >= 4 is 17.7 Å². The van der Waals surface area contributed by atoms with Crippen LogP contribution in [0.3, 0.4) is 0 Å². The molecule has 3 N–H and O–H groups in total. The highest BCUT2D eigenvalue weighted by atomic mass is 32.2. The van der Waals surface area contributed by atoms with Crippen LogP contribution in [0.1, 0.15) is 6.42 Å². The van der Waals surface area contributed by atoms with Crippen LogP contribution in [0, 0.1) is 0 Å². The van der Waals surface area contributed by atoms with Crippen molar-refractivity contribution in [1.29, 1.82) is 0 Å². The second kappa shape index (κ2) is 3.60. The van der Waals surface area contributed by atoms with Gasteiger partial charge in [-0.05, 0) is 6.42 Å². The van der Waals surface area contributed by atoms with Crippen LogP contribution >= 0.6 is 11.8 Å². The highest BCUT2D eigenvalue weighted by Gasteiger charge is 2.52. The average Bonchev–Trinajstić information content (AvgIpc) is 2.79. The molecule has 4 atom stereocenters. The molecule has 84 valence electrons. The number of hydrogen-bond donors (Lipinski definition) is 3. The highest BCUT2D eigenvalue weighted by Crippen LogP contribution is 2.37. The number of methoxy groups -OCH3 is 1. The Kier molecular flexibility index (Phi) is 2.37. The van der Waals surface area contributed by atoms with Crippen molar-refractivity contribution in [2.24, 2.45) is 0 Å². The standard InChI is InChI=1S/C8H14N4O2S/c1-14-8-11-10-7(13)4-2-5-6(12(4)8)9-3-15-5/h4-6,8-9,11H,2-3H2,1H3,(H,10,13). The van der Waals surface area contributed by atoms with Gasteiger partial charge < -0.3 is 4.74 Å². The van der Waals surface area contributed by atoms with Gasteiger partial charge in [-0.15, -0.1) is 11.8 Å². The Labute approximate surface area is 92.1 Å². The van der Waals surface area contributed by atoms with Crippen molar-refractivity contribution in [3.63, 3.8) is 0 Å². The zero-order valence-corrected chi connectivity index (χ0v) is 9.21. The zero-order chi connectivity index (χ0) is 10.4. The lowest BCUT2D eigenvalue weighted by molar-refractivity contribution is -0.154. The summed E-state index contributed by atoms with van der Waals surface area (Å²) >= 11 is 1.88. The molecule has 15 heavy (non-hydrogen) atoms. The van der Waals surface area contributed by atoms with Gasteiger partial charge >= 0.3 is 0 Å². The van der Waals surface area contributed by atoms with E-state index in [-0.39, 0.29) is 24.5 Å². The van der Waals surface area contributed by atoms with Gasteiger partial charge in [0.1, 0.15) is 0 Å². The highest BCUT2D eigenvalue weighted by molar-refractivity contribution is 8.00. The lowest BCUT2D eigenvalue weighted by atomic mass is 10.2. The summed E-state index contributed by atoms with van der Waals surface area (Å²) < 4.78 is 5.31. The molecule has 3 fully saturated rings. The Balaban J connectivity index is 1.87. The van der Waals surface area contributed by atoms with Crippen molar-refractivity contribution in [3.05, 3.63) is 0 Å². The predicted octanol–water partition coefficient (Wildman–Crippen LogP) is -1.39. The largest absolute Gasteiger partial charge is 0.351 e. The van der Waals surface area contributed by atoms with Gasteiger partial charge in [0.05, 0.1) is 12.2 Å². The summed E-state index contributed by atoms with van der Waals surface area (Å²) in [5, 5.41) is 3.89. The van der Waals surface area contributed by atoms with Crippen LogP contribution in [-0.4, -0.2) is 47.6 Å². The zero-order valence-electron chi connectivity index (χ0n) is 8.40. The van der Waals surface area contributed by atoms with E-state index in [9.17, 15) is 4.79 Å². The van der Waals surface area contributed by atoms with Crippen molar-refractivity contribution < 1.29 is 9.53 Å². The van der Waals surface area contributed by atoms with E-state index in [1.54, 1.807) is 7.11 Å². The van der Waals surface area contributed by atoms with Crippen molar-refractivity contribution in [3.8, 4) is 0 Å². The molecule has 3 saturated heterocycles. The van der Waals surface area contributed by atoms with E-state index in [1.807, 2.05) is 11.8 Å². The molecule has 3 aliphatic heterocycles. The topological polar surface area (TPSA) is 65.6 Å². The summed E-state index contributed by atoms with van der Waals surface area (Å²) in [7, 11) is 1.64. The first-order chi connectivity index (χ1) is 7.31. The number of amides is 1. The van der Waals surface area contributed by atoms with E-state index >= 15 is 0 Å². The van der Waals surface area contributed by atoms with Gasteiger partial charge in [-0.3, -0.25) is 15.5 Å². The van der Waals surface area contributed by atoms with Crippen LogP contribution in [0.4, 0.5) is 0 Å². The monoisotopic (exact) mass is 230 g/mol. The van der Waals surface area contributed by atoms with Gasteiger partial charge in [-0.2, -0.15) is 5.43 Å². The average molecular weight is 230 g/mol. The second-order valence-electron chi connectivity index (χ2n) is 3.92. The van der Waals surface area contributed by atoms with Crippen LogP contribution in [0.2, 0.25) is 0 Å². The van der Waals surface area contributed by atoms with E-state index in [2.05, 4.69) is 21.1 Å². The first kappa shape index (κ1) is 9.86. The molecule has 0 aromatic rings. The number of nitrogens with one attached hydrogen (secondary N) is 3. The maximum absolute atomic E-state index is 11.7. The minimum absolute atomic E-state index is 0.0418. The molecule has 0 spiro atoms. The normalized spacial score (nSPS) is 45.0. The number of carbonyl (C=O) groups is 1. The Morgan fingerprint density at radius 3 is 3.27 bits per heavy atom. The van der Waals surface area contributed by atoms with Crippen LogP contribution in [0.5, 0.6) is 0 Å². The summed E-state index contributed by atoms with van der Waals surface area (Å²) in [6.07, 6.45) is 0.924. The molecule has 3 aliphatic rings. The predicted molar refractivity (Wildman–Crippen MR) is 55.5 cm³/mol. The Hall–Kier alpha value is -0.340. The summed E-state index contributed by atoms with van der Waals surface area (Å²) in [5.74, 6) is 0.997. The molecule has 0 saturated carbocycles. The summed E-state index contributed by atoms with van der Waals surface area (Å²) in [4.78, 5) is 13.7. The molecule has 6 nitrogen and oxygen atoms in total. The van der Waals surface area contributed by atoms with Crippen molar-refractivity contribution in [1.82, 2.24) is 21.1 Å². The minimum atomic E-state index is -0.228. The van der Waals surface area contributed by atoms with E-state index in [0.717, 1.165) is 12.3 Å². The Bertz CT molecular complexity index is 290. The third-order valence-electron chi connectivity index (χ3n) is 3.19. The van der Waals surface area contributed by atoms with Gasteiger partial charge in [-0.25, -0.2) is 4.90 Å². The Morgan fingerprint density at radius 2 is 2.47 bits per heavy atom. The molecule has 0 radical (unpaired) electrons. The fourth-order valence-electron chi connectivity index (χ4n) is 2.52. The lowest BCUT2D eigenvalue weighted by Gasteiger charge is -2.39.